The van der Waals surface area contributed by atoms with Crippen molar-refractivity contribution < 1.29 is 28.5 Å². The van der Waals surface area contributed by atoms with Crippen LogP contribution in [0.5, 0.6) is 23.0 Å². The summed E-state index contributed by atoms with van der Waals surface area (Å²) in [7, 11) is 0. The smallest absolute Gasteiger partial charge is 0.262 e. The third kappa shape index (κ3) is 6.22. The third-order valence-corrected chi connectivity index (χ3v) is 7.45. The monoisotopic (exact) mass is 554 g/mol. The summed E-state index contributed by atoms with van der Waals surface area (Å²) in [6.45, 7) is 4.83. The van der Waals surface area contributed by atoms with Gasteiger partial charge in [0.25, 0.3) is 5.56 Å². The molecule has 3 heterocycles. The van der Waals surface area contributed by atoms with Gasteiger partial charge in [0.1, 0.15) is 0 Å². The second kappa shape index (κ2) is 11.9. The Morgan fingerprint density at radius 1 is 1.03 bits per heavy atom. The van der Waals surface area contributed by atoms with Crippen LogP contribution in [-0.2, 0) is 22.7 Å². The van der Waals surface area contributed by atoms with Crippen LogP contribution in [0.25, 0.3) is 10.9 Å². The molecule has 0 radical (unpaired) electrons. The molecular weight excluding hydrogens is 524 g/mol. The number of fused-ring (bicyclic) bond motifs is 3. The lowest BCUT2D eigenvalue weighted by atomic mass is 10.2. The number of ether oxygens (including phenoxy) is 4. The standard InChI is InChI=1S/C27H30N4O7S/c1-3-16(2)29-25(33)13-39-27-30-19-11-23-22(37-15-38-23)10-18(19)26(34)31(27)8-4-5-24(32)28-12-17-6-7-20-21(9-17)36-14-35-20/h6-7,9-11,16H,3-5,8,12-15H2,1-2H3,(H,28,32)(H,29,33)/t16-/m1/s1. The Labute approximate surface area is 229 Å². The van der Waals surface area contributed by atoms with Crippen molar-refractivity contribution in [1.29, 1.82) is 0 Å². The van der Waals surface area contributed by atoms with Gasteiger partial charge in [-0.15, -0.1) is 0 Å². The highest BCUT2D eigenvalue weighted by atomic mass is 32.2. The van der Waals surface area contributed by atoms with Crippen LogP contribution in [0.2, 0.25) is 0 Å². The zero-order chi connectivity index (χ0) is 27.4. The summed E-state index contributed by atoms with van der Waals surface area (Å²) in [6, 6.07) is 8.90. The van der Waals surface area contributed by atoms with Crippen LogP contribution >= 0.6 is 11.8 Å². The van der Waals surface area contributed by atoms with Gasteiger partial charge in [0.2, 0.25) is 25.4 Å². The SMILES string of the molecule is CC[C@@H](C)NC(=O)CSc1nc2cc3c(cc2c(=O)n1CCCC(=O)NCc1ccc2c(c1)OCO2)OCO3. The maximum absolute atomic E-state index is 13.5. The fraction of sp³-hybridized carbons (Fsp3) is 0.407. The minimum absolute atomic E-state index is 0.0563. The number of aromatic nitrogens is 2. The molecule has 11 nitrogen and oxygen atoms in total. The number of benzene rings is 2. The fourth-order valence-electron chi connectivity index (χ4n) is 4.18. The summed E-state index contributed by atoms with van der Waals surface area (Å²) < 4.78 is 23.1. The molecule has 2 N–H and O–H groups in total. The normalized spacial score (nSPS) is 13.9. The first-order valence-corrected chi connectivity index (χ1v) is 13.8. The molecule has 12 heteroatoms. The van der Waals surface area contributed by atoms with Gasteiger partial charge in [-0.2, -0.15) is 0 Å². The highest BCUT2D eigenvalue weighted by molar-refractivity contribution is 7.99. The van der Waals surface area contributed by atoms with E-state index in [1.54, 1.807) is 12.1 Å². The van der Waals surface area contributed by atoms with Crippen LogP contribution in [0.1, 0.15) is 38.7 Å². The first-order chi connectivity index (χ1) is 18.9. The molecule has 5 rings (SSSR count). The highest BCUT2D eigenvalue weighted by Crippen LogP contribution is 2.35. The van der Waals surface area contributed by atoms with Crippen molar-refractivity contribution in [2.45, 2.75) is 57.4 Å². The Morgan fingerprint density at radius 2 is 1.74 bits per heavy atom. The Kier molecular flexibility index (Phi) is 8.10. The molecule has 2 aromatic carbocycles. The van der Waals surface area contributed by atoms with E-state index in [2.05, 4.69) is 15.6 Å². The minimum Gasteiger partial charge on any atom is -0.454 e. The molecule has 2 aliphatic rings. The van der Waals surface area contributed by atoms with Gasteiger partial charge in [0.15, 0.2) is 28.2 Å². The number of nitrogens with one attached hydrogen (secondary N) is 2. The second-order valence-electron chi connectivity index (χ2n) is 9.31. The summed E-state index contributed by atoms with van der Waals surface area (Å²) in [4.78, 5) is 43.1. The van der Waals surface area contributed by atoms with Gasteiger partial charge in [-0.25, -0.2) is 4.98 Å². The predicted octanol–water partition coefficient (Wildman–Crippen LogP) is 2.96. The summed E-state index contributed by atoms with van der Waals surface area (Å²) in [6.07, 6.45) is 1.45. The molecule has 0 unspecified atom stereocenters. The number of carbonyl (C=O) groups is 2. The number of hydrogen-bond acceptors (Lipinski definition) is 9. The van der Waals surface area contributed by atoms with Crippen LogP contribution in [0.3, 0.4) is 0 Å². The van der Waals surface area contributed by atoms with Crippen LogP contribution in [0, 0.1) is 0 Å². The number of rotatable bonds is 11. The van der Waals surface area contributed by atoms with Gasteiger partial charge >= 0.3 is 0 Å². The van der Waals surface area contributed by atoms with E-state index in [4.69, 9.17) is 18.9 Å². The Bertz CT molecular complexity index is 1460. The summed E-state index contributed by atoms with van der Waals surface area (Å²) in [5.74, 6) is 2.21. The number of hydrogen-bond donors (Lipinski definition) is 2. The first kappa shape index (κ1) is 26.7. The van der Waals surface area contributed by atoms with E-state index in [0.29, 0.717) is 52.0 Å². The average molecular weight is 555 g/mol. The number of thioether (sulfide) groups is 1. The van der Waals surface area contributed by atoms with Crippen LogP contribution in [0.4, 0.5) is 0 Å². The van der Waals surface area contributed by atoms with Crippen molar-refractivity contribution in [2.75, 3.05) is 19.3 Å². The van der Waals surface area contributed by atoms with Gasteiger partial charge in [-0.3, -0.25) is 19.0 Å². The molecule has 206 valence electrons. The van der Waals surface area contributed by atoms with Crippen molar-refractivity contribution in [3.8, 4) is 23.0 Å². The first-order valence-electron chi connectivity index (χ1n) is 12.8. The lowest BCUT2D eigenvalue weighted by Crippen LogP contribution is -2.33. The van der Waals surface area contributed by atoms with Gasteiger partial charge in [-0.05, 0) is 43.5 Å². The van der Waals surface area contributed by atoms with E-state index >= 15 is 0 Å². The van der Waals surface area contributed by atoms with Crippen molar-refractivity contribution in [1.82, 2.24) is 20.2 Å². The van der Waals surface area contributed by atoms with E-state index in [0.717, 1.165) is 12.0 Å². The third-order valence-electron chi connectivity index (χ3n) is 6.48. The van der Waals surface area contributed by atoms with E-state index in [-0.39, 0.29) is 55.7 Å². The van der Waals surface area contributed by atoms with E-state index in [1.807, 2.05) is 32.0 Å². The van der Waals surface area contributed by atoms with Crippen molar-refractivity contribution in [2.24, 2.45) is 0 Å². The number of amides is 2. The topological polar surface area (TPSA) is 130 Å². The van der Waals surface area contributed by atoms with E-state index < -0.39 is 0 Å². The molecule has 0 aliphatic carbocycles. The lowest BCUT2D eigenvalue weighted by Gasteiger charge is -2.15. The van der Waals surface area contributed by atoms with Gasteiger partial charge in [-0.1, -0.05) is 24.8 Å². The Balaban J connectivity index is 1.26. The lowest BCUT2D eigenvalue weighted by molar-refractivity contribution is -0.121. The molecule has 1 aromatic heterocycles. The van der Waals surface area contributed by atoms with Crippen LogP contribution in [0.15, 0.2) is 40.3 Å². The zero-order valence-corrected chi connectivity index (χ0v) is 22.6. The molecular formula is C27H30N4O7S. The molecule has 0 saturated heterocycles. The molecule has 3 aromatic rings. The van der Waals surface area contributed by atoms with E-state index in [1.165, 1.54) is 16.3 Å². The Hall–Kier alpha value is -3.93. The fourth-order valence-corrected chi connectivity index (χ4v) is 5.02. The quantitative estimate of drug-likeness (QED) is 0.271. The zero-order valence-electron chi connectivity index (χ0n) is 21.8. The van der Waals surface area contributed by atoms with Crippen LogP contribution in [-0.4, -0.2) is 46.7 Å². The van der Waals surface area contributed by atoms with Crippen LogP contribution < -0.4 is 35.1 Å². The van der Waals surface area contributed by atoms with Gasteiger partial charge < -0.3 is 29.6 Å². The Morgan fingerprint density at radius 3 is 2.51 bits per heavy atom. The average Bonchev–Trinajstić information content (AvgIpc) is 3.59. The molecule has 2 amide bonds. The van der Waals surface area contributed by atoms with E-state index in [9.17, 15) is 14.4 Å². The van der Waals surface area contributed by atoms with Crippen molar-refractivity contribution in [3.05, 3.63) is 46.2 Å². The van der Waals surface area contributed by atoms with Gasteiger partial charge in [0, 0.05) is 31.6 Å². The largest absolute Gasteiger partial charge is 0.454 e. The summed E-state index contributed by atoms with van der Waals surface area (Å²) in [5, 5.41) is 6.62. The molecule has 39 heavy (non-hydrogen) atoms. The summed E-state index contributed by atoms with van der Waals surface area (Å²) in [5.41, 5.74) is 1.10. The highest BCUT2D eigenvalue weighted by Gasteiger charge is 2.20. The number of nitrogens with zero attached hydrogens (tertiary/aromatic N) is 2. The molecule has 0 fully saturated rings. The molecule has 2 aliphatic heterocycles. The van der Waals surface area contributed by atoms with Crippen molar-refractivity contribution >= 4 is 34.5 Å². The maximum Gasteiger partial charge on any atom is 0.262 e. The molecule has 0 spiro atoms. The number of carbonyl (C=O) groups excluding carboxylic acids is 2. The summed E-state index contributed by atoms with van der Waals surface area (Å²) >= 11 is 1.19. The minimum atomic E-state index is -0.260. The molecule has 1 atom stereocenters. The van der Waals surface area contributed by atoms with Crippen molar-refractivity contribution in [3.63, 3.8) is 0 Å². The van der Waals surface area contributed by atoms with Gasteiger partial charge in [0.05, 0.1) is 16.7 Å². The maximum atomic E-state index is 13.5. The molecule has 0 saturated carbocycles. The predicted molar refractivity (Wildman–Crippen MR) is 144 cm³/mol. The second-order valence-corrected chi connectivity index (χ2v) is 10.2. The molecule has 0 bridgehead atoms.